The van der Waals surface area contributed by atoms with E-state index in [2.05, 4.69) is 41.4 Å². The predicted octanol–water partition coefficient (Wildman–Crippen LogP) is 2.09. The Hall–Kier alpha value is -2.04. The molecule has 1 saturated heterocycles. The number of hydrogen-bond donors (Lipinski definition) is 1. The molecule has 1 saturated carbocycles. The molecule has 2 aliphatic rings. The van der Waals surface area contributed by atoms with Crippen LogP contribution in [0.2, 0.25) is 0 Å². The zero-order valence-electron chi connectivity index (χ0n) is 14.5. The maximum absolute atomic E-state index is 12.3. The lowest BCUT2D eigenvalue weighted by Crippen LogP contribution is -2.50. The Morgan fingerprint density at radius 2 is 1.83 bits per heavy atom. The minimum absolute atomic E-state index is 0.0130. The van der Waals surface area contributed by atoms with Crippen molar-refractivity contribution in [2.75, 3.05) is 31.1 Å². The molecule has 0 atom stereocenters. The summed E-state index contributed by atoms with van der Waals surface area (Å²) < 4.78 is 0. The first-order valence-corrected chi connectivity index (χ1v) is 9.00. The van der Waals surface area contributed by atoms with E-state index in [1.165, 1.54) is 24.1 Å². The van der Waals surface area contributed by atoms with Crippen molar-refractivity contribution in [3.8, 4) is 0 Å². The van der Waals surface area contributed by atoms with Gasteiger partial charge in [-0.3, -0.25) is 9.59 Å². The molecule has 1 aliphatic carbocycles. The lowest BCUT2D eigenvalue weighted by Gasteiger charge is -2.36. The van der Waals surface area contributed by atoms with Gasteiger partial charge in [-0.25, -0.2) is 0 Å². The molecule has 1 N–H and O–H groups in total. The van der Waals surface area contributed by atoms with Gasteiger partial charge in [0.2, 0.25) is 11.8 Å². The van der Waals surface area contributed by atoms with E-state index in [0.29, 0.717) is 13.1 Å². The van der Waals surface area contributed by atoms with E-state index in [4.69, 9.17) is 0 Å². The Bertz CT molecular complexity index is 588. The Morgan fingerprint density at radius 1 is 1.12 bits per heavy atom. The standard InChI is InChI=1S/C19H27N3O2/c1-15-5-4-8-17(13-15)21-9-11-22(12-10-21)19(24)14-18(23)20-16-6-2-3-7-16/h4-5,8,13,16H,2-3,6-7,9-12,14H2,1H3,(H,20,23). The largest absolute Gasteiger partial charge is 0.368 e. The third kappa shape index (κ3) is 4.28. The Balaban J connectivity index is 1.45. The maximum atomic E-state index is 12.3. The van der Waals surface area contributed by atoms with Crippen LogP contribution in [0.25, 0.3) is 0 Å². The average molecular weight is 329 g/mol. The Kier molecular flexibility index (Phi) is 5.38. The van der Waals surface area contributed by atoms with Gasteiger partial charge in [0.05, 0.1) is 0 Å². The van der Waals surface area contributed by atoms with E-state index >= 15 is 0 Å². The molecule has 1 aliphatic heterocycles. The molecule has 5 heteroatoms. The number of rotatable bonds is 4. The molecule has 5 nitrogen and oxygen atoms in total. The van der Waals surface area contributed by atoms with Gasteiger partial charge >= 0.3 is 0 Å². The van der Waals surface area contributed by atoms with Crippen LogP contribution in [-0.2, 0) is 9.59 Å². The molecule has 3 rings (SSSR count). The molecule has 130 valence electrons. The molecule has 0 unspecified atom stereocenters. The van der Waals surface area contributed by atoms with Gasteiger partial charge in [0.1, 0.15) is 6.42 Å². The fourth-order valence-corrected chi connectivity index (χ4v) is 3.64. The van der Waals surface area contributed by atoms with Crippen molar-refractivity contribution < 1.29 is 9.59 Å². The number of benzene rings is 1. The van der Waals surface area contributed by atoms with Crippen LogP contribution in [0.3, 0.4) is 0 Å². The van der Waals surface area contributed by atoms with E-state index in [1.54, 1.807) is 0 Å². The van der Waals surface area contributed by atoms with Crippen molar-refractivity contribution in [1.82, 2.24) is 10.2 Å². The van der Waals surface area contributed by atoms with Crippen molar-refractivity contribution in [2.24, 2.45) is 0 Å². The van der Waals surface area contributed by atoms with Crippen LogP contribution in [0.15, 0.2) is 24.3 Å². The van der Waals surface area contributed by atoms with E-state index in [-0.39, 0.29) is 24.3 Å². The first-order chi connectivity index (χ1) is 11.6. The van der Waals surface area contributed by atoms with Gasteiger partial charge in [0, 0.05) is 37.9 Å². The first kappa shape index (κ1) is 16.8. The number of piperazine rings is 1. The molecule has 1 heterocycles. The molecule has 0 bridgehead atoms. The van der Waals surface area contributed by atoms with E-state index in [9.17, 15) is 9.59 Å². The Labute approximate surface area is 144 Å². The van der Waals surface area contributed by atoms with Gasteiger partial charge in [-0.2, -0.15) is 0 Å². The predicted molar refractivity (Wildman–Crippen MR) is 95.0 cm³/mol. The highest BCUT2D eigenvalue weighted by Crippen LogP contribution is 2.19. The fourth-order valence-electron chi connectivity index (χ4n) is 3.64. The lowest BCUT2D eigenvalue weighted by molar-refractivity contribution is -0.136. The van der Waals surface area contributed by atoms with Gasteiger partial charge < -0.3 is 15.1 Å². The molecule has 0 aromatic heterocycles. The second-order valence-corrected chi connectivity index (χ2v) is 6.93. The van der Waals surface area contributed by atoms with E-state index < -0.39 is 0 Å². The molecule has 0 spiro atoms. The number of nitrogens with zero attached hydrogens (tertiary/aromatic N) is 2. The zero-order chi connectivity index (χ0) is 16.9. The van der Waals surface area contributed by atoms with Crippen molar-refractivity contribution in [2.45, 2.75) is 45.1 Å². The van der Waals surface area contributed by atoms with Crippen LogP contribution in [0, 0.1) is 6.92 Å². The molecule has 2 amide bonds. The molecule has 1 aromatic rings. The summed E-state index contributed by atoms with van der Waals surface area (Å²) in [6, 6.07) is 8.72. The second kappa shape index (κ2) is 7.69. The number of amides is 2. The van der Waals surface area contributed by atoms with E-state index in [1.807, 2.05) is 4.90 Å². The van der Waals surface area contributed by atoms with Gasteiger partial charge in [0.15, 0.2) is 0 Å². The quantitative estimate of drug-likeness (QED) is 0.861. The SMILES string of the molecule is Cc1cccc(N2CCN(C(=O)CC(=O)NC3CCCC3)CC2)c1. The van der Waals surface area contributed by atoms with Gasteiger partial charge in [0.25, 0.3) is 0 Å². The van der Waals surface area contributed by atoms with Crippen LogP contribution in [0.4, 0.5) is 5.69 Å². The van der Waals surface area contributed by atoms with Gasteiger partial charge in [-0.15, -0.1) is 0 Å². The summed E-state index contributed by atoms with van der Waals surface area (Å²) in [7, 11) is 0. The van der Waals surface area contributed by atoms with Crippen LogP contribution in [-0.4, -0.2) is 48.9 Å². The minimum Gasteiger partial charge on any atom is -0.368 e. The summed E-state index contributed by atoms with van der Waals surface area (Å²) in [5.41, 5.74) is 2.45. The highest BCUT2D eigenvalue weighted by atomic mass is 16.2. The number of hydrogen-bond acceptors (Lipinski definition) is 3. The van der Waals surface area contributed by atoms with Crippen molar-refractivity contribution in [1.29, 1.82) is 0 Å². The summed E-state index contributed by atoms with van der Waals surface area (Å²) in [6.07, 6.45) is 4.45. The van der Waals surface area contributed by atoms with Crippen molar-refractivity contribution in [3.63, 3.8) is 0 Å². The monoisotopic (exact) mass is 329 g/mol. The zero-order valence-corrected chi connectivity index (χ0v) is 14.5. The third-order valence-corrected chi connectivity index (χ3v) is 5.03. The van der Waals surface area contributed by atoms with Crippen LogP contribution < -0.4 is 10.2 Å². The Morgan fingerprint density at radius 3 is 2.50 bits per heavy atom. The lowest BCUT2D eigenvalue weighted by atomic mass is 10.2. The summed E-state index contributed by atoms with van der Waals surface area (Å²) in [5.74, 6) is -0.164. The van der Waals surface area contributed by atoms with Crippen molar-refractivity contribution in [3.05, 3.63) is 29.8 Å². The van der Waals surface area contributed by atoms with Crippen LogP contribution in [0.1, 0.15) is 37.7 Å². The molecular weight excluding hydrogens is 302 g/mol. The summed E-state index contributed by atoms with van der Waals surface area (Å²) in [4.78, 5) is 28.5. The highest BCUT2D eigenvalue weighted by Gasteiger charge is 2.24. The van der Waals surface area contributed by atoms with Gasteiger partial charge in [-0.05, 0) is 37.5 Å². The van der Waals surface area contributed by atoms with Crippen molar-refractivity contribution >= 4 is 17.5 Å². The second-order valence-electron chi connectivity index (χ2n) is 6.93. The number of nitrogens with one attached hydrogen (secondary N) is 1. The summed E-state index contributed by atoms with van der Waals surface area (Å²) in [6.45, 7) is 5.10. The highest BCUT2D eigenvalue weighted by molar-refractivity contribution is 5.97. The average Bonchev–Trinajstić information content (AvgIpc) is 3.07. The normalized spacial score (nSPS) is 18.7. The topological polar surface area (TPSA) is 52.7 Å². The summed E-state index contributed by atoms with van der Waals surface area (Å²) in [5, 5.41) is 2.99. The van der Waals surface area contributed by atoms with Crippen LogP contribution in [0.5, 0.6) is 0 Å². The fraction of sp³-hybridized carbons (Fsp3) is 0.579. The number of aryl methyl sites for hydroxylation is 1. The van der Waals surface area contributed by atoms with E-state index in [0.717, 1.165) is 25.9 Å². The maximum Gasteiger partial charge on any atom is 0.232 e. The molecule has 1 aromatic carbocycles. The molecular formula is C19H27N3O2. The minimum atomic E-state index is -0.118. The molecule has 24 heavy (non-hydrogen) atoms. The molecule has 2 fully saturated rings. The van der Waals surface area contributed by atoms with Crippen LogP contribution >= 0.6 is 0 Å². The summed E-state index contributed by atoms with van der Waals surface area (Å²) >= 11 is 0. The number of carbonyl (C=O) groups excluding carboxylic acids is 2. The number of carbonyl (C=O) groups is 2. The third-order valence-electron chi connectivity index (χ3n) is 5.03. The van der Waals surface area contributed by atoms with Gasteiger partial charge in [-0.1, -0.05) is 25.0 Å². The molecule has 0 radical (unpaired) electrons. The smallest absolute Gasteiger partial charge is 0.232 e. The first-order valence-electron chi connectivity index (χ1n) is 9.00. The number of anilines is 1.